The fourth-order valence-corrected chi connectivity index (χ4v) is 6.06. The van der Waals surface area contributed by atoms with E-state index in [2.05, 4.69) is 39.6 Å². The Labute approximate surface area is 262 Å². The van der Waals surface area contributed by atoms with Crippen molar-refractivity contribution in [3.8, 4) is 0 Å². The van der Waals surface area contributed by atoms with Gasteiger partial charge >= 0.3 is 0 Å². The molecule has 6 aromatic rings. The summed E-state index contributed by atoms with van der Waals surface area (Å²) in [5.41, 5.74) is 1.71. The number of sulfonamides is 2. The summed E-state index contributed by atoms with van der Waals surface area (Å²) in [6.07, 6.45) is 3.28. The molecule has 0 aliphatic heterocycles. The molecule has 4 aromatic heterocycles. The van der Waals surface area contributed by atoms with Crippen molar-refractivity contribution in [1.82, 2.24) is 48.6 Å². The largest absolute Gasteiger partial charge is 0.252 e. The van der Waals surface area contributed by atoms with E-state index in [1.54, 1.807) is 23.0 Å². The lowest BCUT2D eigenvalue weighted by Gasteiger charge is -2.04. The van der Waals surface area contributed by atoms with E-state index in [9.17, 15) is 16.8 Å². The van der Waals surface area contributed by atoms with Crippen LogP contribution >= 0.6 is 23.2 Å². The summed E-state index contributed by atoms with van der Waals surface area (Å²) in [5, 5.41) is 9.33. The van der Waals surface area contributed by atoms with Crippen LogP contribution in [0.1, 0.15) is 23.0 Å². The molecule has 0 saturated carbocycles. The van der Waals surface area contributed by atoms with E-state index in [1.807, 2.05) is 19.9 Å². The van der Waals surface area contributed by atoms with Crippen molar-refractivity contribution < 1.29 is 16.8 Å². The van der Waals surface area contributed by atoms with Crippen LogP contribution in [0.15, 0.2) is 82.8 Å². The Bertz CT molecular complexity index is 2120. The van der Waals surface area contributed by atoms with Crippen LogP contribution in [0.25, 0.3) is 11.6 Å². The molecule has 18 heteroatoms. The van der Waals surface area contributed by atoms with E-state index in [4.69, 9.17) is 23.2 Å². The van der Waals surface area contributed by atoms with Crippen LogP contribution in [0.2, 0.25) is 10.0 Å². The molecule has 0 spiro atoms. The third-order valence-corrected chi connectivity index (χ3v) is 9.25. The highest BCUT2D eigenvalue weighted by atomic mass is 35.5. The van der Waals surface area contributed by atoms with Gasteiger partial charge in [-0.1, -0.05) is 23.2 Å². The predicted octanol–water partition coefficient (Wildman–Crippen LogP) is 3.13. The summed E-state index contributed by atoms with van der Waals surface area (Å²) >= 11 is 11.5. The average Bonchev–Trinajstić information content (AvgIpc) is 3.60. The van der Waals surface area contributed by atoms with E-state index in [1.165, 1.54) is 53.0 Å². The molecule has 0 unspecified atom stereocenters. The van der Waals surface area contributed by atoms with E-state index < -0.39 is 20.0 Å². The van der Waals surface area contributed by atoms with Crippen molar-refractivity contribution in [3.63, 3.8) is 0 Å². The van der Waals surface area contributed by atoms with E-state index in [0.717, 1.165) is 11.4 Å². The number of halogens is 2. The molecule has 2 N–H and O–H groups in total. The normalized spacial score (nSPS) is 11.9. The first-order chi connectivity index (χ1) is 20.9. The quantitative estimate of drug-likeness (QED) is 0.244. The van der Waals surface area contributed by atoms with Crippen LogP contribution in [0, 0.1) is 13.8 Å². The molecule has 0 fully saturated rings. The highest BCUT2D eigenvalue weighted by Gasteiger charge is 2.17. The van der Waals surface area contributed by atoms with Crippen LogP contribution in [0.5, 0.6) is 0 Å². The van der Waals surface area contributed by atoms with Gasteiger partial charge in [-0.2, -0.15) is 9.97 Å². The molecule has 2 aromatic carbocycles. The third-order valence-electron chi connectivity index (χ3n) is 5.91. The van der Waals surface area contributed by atoms with Gasteiger partial charge in [0.05, 0.1) is 22.9 Å². The Morgan fingerprint density at radius 1 is 0.727 bits per heavy atom. The van der Waals surface area contributed by atoms with Gasteiger partial charge in [0.2, 0.25) is 20.0 Å². The first-order valence-corrected chi connectivity index (χ1v) is 16.5. The van der Waals surface area contributed by atoms with Crippen molar-refractivity contribution >= 4 is 54.8 Å². The van der Waals surface area contributed by atoms with Gasteiger partial charge < -0.3 is 0 Å². The number of rotatable bonds is 8. The van der Waals surface area contributed by atoms with Crippen LogP contribution in [0.3, 0.4) is 0 Å². The van der Waals surface area contributed by atoms with Gasteiger partial charge in [0, 0.05) is 33.8 Å². The molecule has 0 saturated heterocycles. The van der Waals surface area contributed by atoms with Crippen molar-refractivity contribution in [1.29, 1.82) is 0 Å². The minimum absolute atomic E-state index is 0.0195. The molecular weight excluding hydrogens is 651 g/mol. The van der Waals surface area contributed by atoms with E-state index >= 15 is 0 Å². The number of aryl methyl sites for hydroxylation is 2. The lowest BCUT2D eigenvalue weighted by Crippen LogP contribution is -2.23. The molecule has 0 aliphatic rings. The first kappa shape index (κ1) is 31.4. The fourth-order valence-electron chi connectivity index (χ4n) is 3.85. The number of nitrogens with one attached hydrogen (secondary N) is 2. The first-order valence-electron chi connectivity index (χ1n) is 12.8. The standard InChI is InChI=1S/C14H14ClN5O2S.C12H10ClN5O2S/c1-9-7-10(2)20-14(17-9)18-13(19-20)8-16-23(21,22)12-5-3-11(15)4-6-12;13-9-2-4-10(5-3-9)21(19,20)15-8-11-16-12-14-6-1-7-18(12)17-11/h3-7,16H,8H2,1-2H3;1-7,15H,8H2. The Morgan fingerprint density at radius 2 is 1.25 bits per heavy atom. The van der Waals surface area contributed by atoms with Gasteiger partial charge in [0.1, 0.15) is 0 Å². The predicted molar refractivity (Wildman–Crippen MR) is 162 cm³/mol. The maximum Gasteiger partial charge on any atom is 0.252 e. The average molecular weight is 676 g/mol. The Kier molecular flexibility index (Phi) is 9.19. The zero-order valence-corrected chi connectivity index (χ0v) is 26.3. The summed E-state index contributed by atoms with van der Waals surface area (Å²) < 4.78 is 56.6. The molecule has 6 rings (SSSR count). The Hall–Kier alpha value is -4.06. The molecule has 0 bridgehead atoms. The number of nitrogens with zero attached hydrogens (tertiary/aromatic N) is 8. The molecular formula is C26H24Cl2N10O4S2. The summed E-state index contributed by atoms with van der Waals surface area (Å²) in [7, 11) is -7.28. The summed E-state index contributed by atoms with van der Waals surface area (Å²) in [5.74, 6) is 1.55. The fraction of sp³-hybridized carbons (Fsp3) is 0.154. The van der Waals surface area contributed by atoms with Gasteiger partial charge in [0.15, 0.2) is 11.6 Å². The molecule has 4 heterocycles. The van der Waals surface area contributed by atoms with Gasteiger partial charge in [0.25, 0.3) is 11.6 Å². The van der Waals surface area contributed by atoms with Crippen LogP contribution < -0.4 is 9.44 Å². The van der Waals surface area contributed by atoms with Crippen molar-refractivity contribution in [2.24, 2.45) is 0 Å². The molecule has 44 heavy (non-hydrogen) atoms. The minimum atomic E-state index is -3.65. The number of hydrogen-bond acceptors (Lipinski definition) is 10. The molecule has 0 aliphatic carbocycles. The monoisotopic (exact) mass is 674 g/mol. The van der Waals surface area contributed by atoms with Gasteiger partial charge in [-0.3, -0.25) is 0 Å². The van der Waals surface area contributed by atoms with Crippen LogP contribution in [0.4, 0.5) is 0 Å². The minimum Gasteiger partial charge on any atom is -0.220 e. The van der Waals surface area contributed by atoms with E-state index in [0.29, 0.717) is 33.2 Å². The van der Waals surface area contributed by atoms with Crippen molar-refractivity contribution in [3.05, 3.63) is 106 Å². The topological polar surface area (TPSA) is 178 Å². The van der Waals surface area contributed by atoms with Crippen molar-refractivity contribution in [2.75, 3.05) is 0 Å². The molecule has 14 nitrogen and oxygen atoms in total. The number of aromatic nitrogens is 8. The molecule has 0 amide bonds. The van der Waals surface area contributed by atoms with E-state index in [-0.39, 0.29) is 22.9 Å². The summed E-state index contributed by atoms with van der Waals surface area (Å²) in [4.78, 5) is 16.9. The van der Waals surface area contributed by atoms with Crippen molar-refractivity contribution in [2.45, 2.75) is 36.7 Å². The zero-order valence-electron chi connectivity index (χ0n) is 23.1. The Balaban J connectivity index is 0.000000175. The van der Waals surface area contributed by atoms with Gasteiger partial charge in [-0.25, -0.2) is 45.3 Å². The summed E-state index contributed by atoms with van der Waals surface area (Å²) in [6.45, 7) is 3.71. The lowest BCUT2D eigenvalue weighted by molar-refractivity contribution is 0.577. The maximum atomic E-state index is 12.2. The SMILES string of the molecule is Cc1cc(C)n2nc(CNS(=O)(=O)c3ccc(Cl)cc3)nc2n1.O=S(=O)(NCc1nc2ncccn2n1)c1ccc(Cl)cc1. The smallest absolute Gasteiger partial charge is 0.220 e. The Morgan fingerprint density at radius 3 is 1.80 bits per heavy atom. The molecule has 0 atom stereocenters. The summed E-state index contributed by atoms with van der Waals surface area (Å²) in [6, 6.07) is 15.4. The number of hydrogen-bond donors (Lipinski definition) is 2. The van der Waals surface area contributed by atoms with Crippen LogP contribution in [-0.2, 0) is 33.1 Å². The second-order valence-electron chi connectivity index (χ2n) is 9.23. The third kappa shape index (κ3) is 7.53. The highest BCUT2D eigenvalue weighted by molar-refractivity contribution is 7.89. The van der Waals surface area contributed by atoms with Crippen LogP contribution in [-0.4, -0.2) is 56.0 Å². The highest BCUT2D eigenvalue weighted by Crippen LogP contribution is 2.15. The van der Waals surface area contributed by atoms with Gasteiger partial charge in [-0.05, 0) is 74.5 Å². The number of benzene rings is 2. The molecule has 0 radical (unpaired) electrons. The van der Waals surface area contributed by atoms with Gasteiger partial charge in [-0.15, -0.1) is 10.2 Å². The number of fused-ring (bicyclic) bond motifs is 2. The second-order valence-corrected chi connectivity index (χ2v) is 13.6. The maximum absolute atomic E-state index is 12.2. The zero-order chi connectivity index (χ0) is 31.5. The lowest BCUT2D eigenvalue weighted by atomic mass is 10.4. The second kappa shape index (κ2) is 12.9. The molecule has 228 valence electrons.